The molecule has 0 radical (unpaired) electrons. The van der Waals surface area contributed by atoms with Gasteiger partial charge in [0.1, 0.15) is 0 Å². The lowest BCUT2D eigenvalue weighted by molar-refractivity contribution is -0.154. The summed E-state index contributed by atoms with van der Waals surface area (Å²) in [6, 6.07) is 0. The topological polar surface area (TPSA) is 74.6 Å². The number of unbranched alkanes of at least 4 members (excludes halogenated alkanes) is 7. The third-order valence-corrected chi connectivity index (χ3v) is 3.77. The molecular weight excluding hydrogens is 268 g/mol. The van der Waals surface area contributed by atoms with E-state index in [2.05, 4.69) is 6.92 Å². The van der Waals surface area contributed by atoms with Crippen molar-refractivity contribution in [3.63, 3.8) is 0 Å². The average Bonchev–Trinajstić information content (AvgIpc) is 2.40. The lowest BCUT2D eigenvalue weighted by atomic mass is 9.83. The highest BCUT2D eigenvalue weighted by Gasteiger charge is 2.34. The zero-order valence-electron chi connectivity index (χ0n) is 13.4. The van der Waals surface area contributed by atoms with E-state index in [0.717, 1.165) is 12.8 Å². The van der Waals surface area contributed by atoms with Gasteiger partial charge in [0, 0.05) is 0 Å². The lowest BCUT2D eigenvalue weighted by Gasteiger charge is -2.20. The van der Waals surface area contributed by atoms with Crippen LogP contribution in [0.2, 0.25) is 0 Å². The molecule has 1 unspecified atom stereocenters. The predicted molar refractivity (Wildman–Crippen MR) is 84.4 cm³/mol. The van der Waals surface area contributed by atoms with Gasteiger partial charge in [0.15, 0.2) is 0 Å². The van der Waals surface area contributed by atoms with E-state index < -0.39 is 17.4 Å². The maximum atomic E-state index is 11.2. The molecular formula is C17H30O4. The van der Waals surface area contributed by atoms with Crippen molar-refractivity contribution in [3.8, 4) is 0 Å². The summed E-state index contributed by atoms with van der Waals surface area (Å²) in [5.74, 6) is -2.12. The Labute approximate surface area is 128 Å². The Morgan fingerprint density at radius 2 is 1.52 bits per heavy atom. The van der Waals surface area contributed by atoms with Gasteiger partial charge in [0.25, 0.3) is 0 Å². The predicted octanol–water partition coefficient (Wildman–Crippen LogP) is 4.64. The van der Waals surface area contributed by atoms with Crippen LogP contribution >= 0.6 is 0 Å². The van der Waals surface area contributed by atoms with Crippen molar-refractivity contribution in [3.05, 3.63) is 12.2 Å². The van der Waals surface area contributed by atoms with Gasteiger partial charge in [0.2, 0.25) is 0 Å². The summed E-state index contributed by atoms with van der Waals surface area (Å²) in [6.45, 7) is 3.70. The van der Waals surface area contributed by atoms with Crippen molar-refractivity contribution >= 4 is 11.9 Å². The van der Waals surface area contributed by atoms with E-state index in [0.29, 0.717) is 0 Å². The van der Waals surface area contributed by atoms with E-state index in [4.69, 9.17) is 10.2 Å². The summed E-state index contributed by atoms with van der Waals surface area (Å²) < 4.78 is 0. The van der Waals surface area contributed by atoms with Crippen LogP contribution in [-0.4, -0.2) is 22.2 Å². The van der Waals surface area contributed by atoms with E-state index in [-0.39, 0.29) is 12.8 Å². The standard InChI is InChI=1S/C17H30O4/c1-3-4-5-6-7-8-9-10-11-12-13-17(2,16(20)21)14-15(18)19/h11-12H,3-10,13-14H2,1-2H3,(H,18,19)(H,20,21). The summed E-state index contributed by atoms with van der Waals surface area (Å²) in [5.41, 5.74) is -1.21. The van der Waals surface area contributed by atoms with Crippen LogP contribution in [0.3, 0.4) is 0 Å². The van der Waals surface area contributed by atoms with Crippen molar-refractivity contribution in [1.82, 2.24) is 0 Å². The fraction of sp³-hybridized carbons (Fsp3) is 0.765. The van der Waals surface area contributed by atoms with Crippen LogP contribution in [0.5, 0.6) is 0 Å². The smallest absolute Gasteiger partial charge is 0.310 e. The molecule has 0 spiro atoms. The molecule has 0 saturated carbocycles. The first-order valence-electron chi connectivity index (χ1n) is 8.02. The van der Waals surface area contributed by atoms with E-state index in [1.165, 1.54) is 45.4 Å². The summed E-state index contributed by atoms with van der Waals surface area (Å²) in [4.78, 5) is 21.9. The van der Waals surface area contributed by atoms with Crippen molar-refractivity contribution in [1.29, 1.82) is 0 Å². The minimum absolute atomic E-state index is 0.269. The number of allylic oxidation sites excluding steroid dienone is 2. The van der Waals surface area contributed by atoms with E-state index in [9.17, 15) is 9.59 Å². The first-order valence-corrected chi connectivity index (χ1v) is 8.02. The second-order valence-corrected chi connectivity index (χ2v) is 6.02. The van der Waals surface area contributed by atoms with Gasteiger partial charge in [-0.1, -0.05) is 57.6 Å². The van der Waals surface area contributed by atoms with Crippen LogP contribution in [-0.2, 0) is 9.59 Å². The lowest BCUT2D eigenvalue weighted by Crippen LogP contribution is -2.29. The van der Waals surface area contributed by atoms with Gasteiger partial charge >= 0.3 is 11.9 Å². The minimum Gasteiger partial charge on any atom is -0.481 e. The molecule has 0 fully saturated rings. The SMILES string of the molecule is CCCCCCCCCC=CCC(C)(CC(=O)O)C(=O)O. The zero-order chi connectivity index (χ0) is 16.1. The number of rotatable bonds is 13. The molecule has 0 rings (SSSR count). The summed E-state index contributed by atoms with van der Waals surface area (Å²) >= 11 is 0. The molecule has 21 heavy (non-hydrogen) atoms. The van der Waals surface area contributed by atoms with Gasteiger partial charge in [0.05, 0.1) is 11.8 Å². The molecule has 0 amide bonds. The maximum Gasteiger partial charge on any atom is 0.310 e. The summed E-state index contributed by atoms with van der Waals surface area (Å²) in [7, 11) is 0. The van der Waals surface area contributed by atoms with Crippen LogP contribution in [0, 0.1) is 5.41 Å². The Morgan fingerprint density at radius 3 is 2.05 bits per heavy atom. The highest BCUT2D eigenvalue weighted by atomic mass is 16.4. The second kappa shape index (κ2) is 11.4. The highest BCUT2D eigenvalue weighted by Crippen LogP contribution is 2.27. The van der Waals surface area contributed by atoms with Crippen molar-refractivity contribution in [2.75, 3.05) is 0 Å². The number of aliphatic carboxylic acids is 2. The van der Waals surface area contributed by atoms with Crippen LogP contribution in [0.4, 0.5) is 0 Å². The number of carbonyl (C=O) groups is 2. The largest absolute Gasteiger partial charge is 0.481 e. The molecule has 0 aromatic rings. The van der Waals surface area contributed by atoms with Crippen LogP contribution in [0.1, 0.15) is 78.1 Å². The van der Waals surface area contributed by atoms with Gasteiger partial charge in [-0.05, 0) is 26.2 Å². The molecule has 0 aliphatic heterocycles. The van der Waals surface area contributed by atoms with Crippen molar-refractivity contribution in [2.24, 2.45) is 5.41 Å². The number of hydrogen-bond acceptors (Lipinski definition) is 2. The highest BCUT2D eigenvalue weighted by molar-refractivity contribution is 5.81. The Hall–Kier alpha value is -1.32. The number of carboxylic acid groups (broad SMARTS) is 2. The molecule has 0 heterocycles. The monoisotopic (exact) mass is 298 g/mol. The van der Waals surface area contributed by atoms with Gasteiger partial charge < -0.3 is 10.2 Å². The zero-order valence-corrected chi connectivity index (χ0v) is 13.4. The quantitative estimate of drug-likeness (QED) is 0.384. The molecule has 2 N–H and O–H groups in total. The van der Waals surface area contributed by atoms with Gasteiger partial charge in [-0.15, -0.1) is 0 Å². The first-order chi connectivity index (χ1) is 9.92. The Bertz CT molecular complexity index is 336. The van der Waals surface area contributed by atoms with E-state index >= 15 is 0 Å². The molecule has 0 bridgehead atoms. The normalized spacial score (nSPS) is 14.2. The maximum absolute atomic E-state index is 11.2. The molecule has 0 aliphatic carbocycles. The van der Waals surface area contributed by atoms with Gasteiger partial charge in [-0.2, -0.15) is 0 Å². The molecule has 0 saturated heterocycles. The molecule has 1 atom stereocenters. The minimum atomic E-state index is -1.21. The molecule has 0 aromatic heterocycles. The number of hydrogen-bond donors (Lipinski definition) is 2. The Balaban J connectivity index is 3.82. The third-order valence-electron chi connectivity index (χ3n) is 3.77. The van der Waals surface area contributed by atoms with Gasteiger partial charge in [-0.25, -0.2) is 0 Å². The van der Waals surface area contributed by atoms with Crippen molar-refractivity contribution in [2.45, 2.75) is 78.1 Å². The van der Waals surface area contributed by atoms with E-state index in [1.54, 1.807) is 0 Å². The Kier molecular flexibility index (Phi) is 10.6. The summed E-state index contributed by atoms with van der Waals surface area (Å²) in [6.07, 6.45) is 13.4. The molecule has 4 nitrogen and oxygen atoms in total. The second-order valence-electron chi connectivity index (χ2n) is 6.02. The fourth-order valence-corrected chi connectivity index (χ4v) is 2.25. The molecule has 122 valence electrons. The van der Waals surface area contributed by atoms with E-state index in [1.807, 2.05) is 12.2 Å². The van der Waals surface area contributed by atoms with Gasteiger partial charge in [-0.3, -0.25) is 9.59 Å². The first kappa shape index (κ1) is 19.7. The third kappa shape index (κ3) is 10.1. The summed E-state index contributed by atoms with van der Waals surface area (Å²) in [5, 5.41) is 17.9. The number of carboxylic acids is 2. The van der Waals surface area contributed by atoms with Crippen LogP contribution < -0.4 is 0 Å². The molecule has 4 heteroatoms. The average molecular weight is 298 g/mol. The molecule has 0 aliphatic rings. The van der Waals surface area contributed by atoms with Crippen molar-refractivity contribution < 1.29 is 19.8 Å². The van der Waals surface area contributed by atoms with Crippen LogP contribution in [0.25, 0.3) is 0 Å². The van der Waals surface area contributed by atoms with Crippen LogP contribution in [0.15, 0.2) is 12.2 Å². The Morgan fingerprint density at radius 1 is 0.952 bits per heavy atom. The molecule has 0 aromatic carbocycles. The fourth-order valence-electron chi connectivity index (χ4n) is 2.25.